The summed E-state index contributed by atoms with van der Waals surface area (Å²) in [6, 6.07) is 9.44. The maximum absolute atomic E-state index is 12.4. The first kappa shape index (κ1) is 15.2. The molecule has 0 fully saturated rings. The van der Waals surface area contributed by atoms with Gasteiger partial charge in [0.2, 0.25) is 0 Å². The smallest absolute Gasteiger partial charge is 0.478 e. The van der Waals surface area contributed by atoms with E-state index in [9.17, 15) is 23.1 Å². The second kappa shape index (κ2) is 5.65. The fraction of sp³-hybridized carbons (Fsp3) is 0.0714. The van der Waals surface area contributed by atoms with Gasteiger partial charge in [-0.25, -0.2) is 4.79 Å². The fourth-order valence-corrected chi connectivity index (χ4v) is 2.12. The topological polar surface area (TPSA) is 46.5 Å². The lowest BCUT2D eigenvalue weighted by Crippen LogP contribution is -2.17. The highest BCUT2D eigenvalue weighted by Gasteiger charge is 2.32. The van der Waals surface area contributed by atoms with Crippen molar-refractivity contribution in [3.8, 4) is 16.9 Å². The van der Waals surface area contributed by atoms with E-state index in [1.807, 2.05) is 0 Å². The highest BCUT2D eigenvalue weighted by atomic mass is 35.5. The van der Waals surface area contributed by atoms with Gasteiger partial charge in [-0.1, -0.05) is 41.9 Å². The third kappa shape index (κ3) is 3.46. The summed E-state index contributed by atoms with van der Waals surface area (Å²) in [5, 5.41) is 9.12. The molecule has 3 nitrogen and oxygen atoms in total. The van der Waals surface area contributed by atoms with Gasteiger partial charge in [0.1, 0.15) is 5.75 Å². The molecule has 0 aliphatic carbocycles. The Bertz CT molecular complexity index is 683. The number of benzene rings is 2. The number of ether oxygens (including phenoxy) is 1. The van der Waals surface area contributed by atoms with Gasteiger partial charge in [-0.3, -0.25) is 0 Å². The van der Waals surface area contributed by atoms with Crippen LogP contribution in [0.25, 0.3) is 11.1 Å². The van der Waals surface area contributed by atoms with E-state index in [0.29, 0.717) is 0 Å². The Labute approximate surface area is 122 Å². The average molecular weight is 317 g/mol. The van der Waals surface area contributed by atoms with E-state index in [0.717, 1.165) is 6.07 Å². The second-order valence-corrected chi connectivity index (χ2v) is 4.42. The van der Waals surface area contributed by atoms with Crippen LogP contribution in [0.15, 0.2) is 42.5 Å². The minimum absolute atomic E-state index is 0.00488. The summed E-state index contributed by atoms with van der Waals surface area (Å²) in [6.07, 6.45) is -4.88. The van der Waals surface area contributed by atoms with Gasteiger partial charge in [-0.05, 0) is 12.1 Å². The molecular weight excluding hydrogens is 309 g/mol. The van der Waals surface area contributed by atoms with Crippen molar-refractivity contribution in [1.29, 1.82) is 0 Å². The Hall–Kier alpha value is -2.21. The number of carboxylic acid groups (broad SMARTS) is 1. The molecule has 0 atom stereocenters. The predicted octanol–water partition coefficient (Wildman–Crippen LogP) is 4.60. The number of hydrogen-bond donors (Lipinski definition) is 1. The van der Waals surface area contributed by atoms with Crippen LogP contribution in [0.5, 0.6) is 5.75 Å². The van der Waals surface area contributed by atoms with Crippen molar-refractivity contribution in [2.75, 3.05) is 0 Å². The number of para-hydroxylation sites is 1. The van der Waals surface area contributed by atoms with Crippen molar-refractivity contribution >= 4 is 17.6 Å². The van der Waals surface area contributed by atoms with E-state index in [-0.39, 0.29) is 21.7 Å². The van der Waals surface area contributed by atoms with Gasteiger partial charge in [0.15, 0.2) is 0 Å². The first-order chi connectivity index (χ1) is 9.79. The maximum Gasteiger partial charge on any atom is 0.573 e. The minimum atomic E-state index is -4.88. The Morgan fingerprint density at radius 1 is 1.05 bits per heavy atom. The van der Waals surface area contributed by atoms with Crippen molar-refractivity contribution in [2.24, 2.45) is 0 Å². The van der Waals surface area contributed by atoms with Crippen LogP contribution >= 0.6 is 11.6 Å². The molecule has 0 saturated carbocycles. The molecule has 0 unspecified atom stereocenters. The number of rotatable bonds is 3. The normalized spacial score (nSPS) is 11.2. The molecule has 2 aromatic rings. The van der Waals surface area contributed by atoms with Crippen LogP contribution in [-0.4, -0.2) is 17.4 Å². The molecule has 0 saturated heterocycles. The molecule has 0 spiro atoms. The van der Waals surface area contributed by atoms with Crippen LogP contribution in [0.4, 0.5) is 13.2 Å². The summed E-state index contributed by atoms with van der Waals surface area (Å²) >= 11 is 5.82. The number of carbonyl (C=O) groups is 1. The molecule has 0 heterocycles. The minimum Gasteiger partial charge on any atom is -0.478 e. The Morgan fingerprint density at radius 3 is 2.29 bits per heavy atom. The molecule has 0 aliphatic rings. The summed E-state index contributed by atoms with van der Waals surface area (Å²) in [7, 11) is 0. The molecule has 0 radical (unpaired) electrons. The second-order valence-electron chi connectivity index (χ2n) is 4.01. The third-order valence-corrected chi connectivity index (χ3v) is 2.95. The van der Waals surface area contributed by atoms with Crippen molar-refractivity contribution < 1.29 is 27.8 Å². The quantitative estimate of drug-likeness (QED) is 0.900. The molecule has 0 aliphatic heterocycles. The predicted molar refractivity (Wildman–Crippen MR) is 70.5 cm³/mol. The van der Waals surface area contributed by atoms with Gasteiger partial charge >= 0.3 is 12.3 Å². The number of halogens is 4. The van der Waals surface area contributed by atoms with Crippen molar-refractivity contribution in [1.82, 2.24) is 0 Å². The van der Waals surface area contributed by atoms with Crippen LogP contribution in [0.3, 0.4) is 0 Å². The van der Waals surface area contributed by atoms with Crippen molar-refractivity contribution in [3.63, 3.8) is 0 Å². The van der Waals surface area contributed by atoms with Crippen LogP contribution in [0.1, 0.15) is 10.4 Å². The number of aromatic carboxylic acids is 1. The summed E-state index contributed by atoms with van der Waals surface area (Å²) in [5.74, 6) is -1.83. The molecule has 1 N–H and O–H groups in total. The highest BCUT2D eigenvalue weighted by Crippen LogP contribution is 2.37. The van der Waals surface area contributed by atoms with E-state index in [1.165, 1.54) is 36.4 Å². The zero-order chi connectivity index (χ0) is 15.6. The SMILES string of the molecule is O=C(O)c1c(Cl)cccc1-c1ccccc1OC(F)(F)F. The number of alkyl halides is 3. The summed E-state index contributed by atoms with van der Waals surface area (Å²) in [4.78, 5) is 11.3. The number of carboxylic acids is 1. The zero-order valence-electron chi connectivity index (χ0n) is 10.3. The largest absolute Gasteiger partial charge is 0.573 e. The van der Waals surface area contributed by atoms with Gasteiger partial charge in [0, 0.05) is 11.1 Å². The van der Waals surface area contributed by atoms with Crippen LogP contribution in [0, 0.1) is 0 Å². The molecule has 21 heavy (non-hydrogen) atoms. The molecule has 0 bridgehead atoms. The summed E-state index contributed by atoms with van der Waals surface area (Å²) < 4.78 is 41.2. The molecule has 110 valence electrons. The van der Waals surface area contributed by atoms with Gasteiger partial charge in [-0.2, -0.15) is 0 Å². The molecule has 7 heteroatoms. The zero-order valence-corrected chi connectivity index (χ0v) is 11.1. The van der Waals surface area contributed by atoms with E-state index in [2.05, 4.69) is 4.74 Å². The third-order valence-electron chi connectivity index (χ3n) is 2.63. The number of hydrogen-bond acceptors (Lipinski definition) is 2. The molecule has 0 amide bonds. The molecule has 0 aromatic heterocycles. The standard InChI is InChI=1S/C14H8ClF3O3/c15-10-6-3-5-9(12(10)13(19)20)8-4-1-2-7-11(8)21-14(16,17)18/h1-7H,(H,19,20). The van der Waals surface area contributed by atoms with Crippen LogP contribution in [-0.2, 0) is 0 Å². The van der Waals surface area contributed by atoms with Gasteiger partial charge in [0.25, 0.3) is 0 Å². The lowest BCUT2D eigenvalue weighted by Gasteiger charge is -2.15. The Balaban J connectivity index is 2.63. The van der Waals surface area contributed by atoms with E-state index >= 15 is 0 Å². The fourth-order valence-electron chi connectivity index (χ4n) is 1.87. The highest BCUT2D eigenvalue weighted by molar-refractivity contribution is 6.34. The lowest BCUT2D eigenvalue weighted by atomic mass is 9.99. The Morgan fingerprint density at radius 2 is 1.67 bits per heavy atom. The first-order valence-corrected chi connectivity index (χ1v) is 6.04. The van der Waals surface area contributed by atoms with Crippen LogP contribution in [0.2, 0.25) is 5.02 Å². The van der Waals surface area contributed by atoms with Gasteiger partial charge in [0.05, 0.1) is 10.6 Å². The Kier molecular flexibility index (Phi) is 4.09. The van der Waals surface area contributed by atoms with E-state index in [1.54, 1.807) is 0 Å². The lowest BCUT2D eigenvalue weighted by molar-refractivity contribution is -0.274. The van der Waals surface area contributed by atoms with E-state index in [4.69, 9.17) is 11.6 Å². The van der Waals surface area contributed by atoms with Crippen molar-refractivity contribution in [2.45, 2.75) is 6.36 Å². The first-order valence-electron chi connectivity index (χ1n) is 5.66. The summed E-state index contributed by atoms with van der Waals surface area (Å²) in [5.41, 5.74) is -0.234. The average Bonchev–Trinajstić information content (AvgIpc) is 2.36. The monoisotopic (exact) mass is 316 g/mol. The van der Waals surface area contributed by atoms with Gasteiger partial charge in [-0.15, -0.1) is 13.2 Å². The molecule has 2 aromatic carbocycles. The summed E-state index contributed by atoms with van der Waals surface area (Å²) in [6.45, 7) is 0. The van der Waals surface area contributed by atoms with Crippen molar-refractivity contribution in [3.05, 3.63) is 53.1 Å². The maximum atomic E-state index is 12.4. The molecular formula is C14H8ClF3O3. The van der Waals surface area contributed by atoms with Crippen LogP contribution < -0.4 is 4.74 Å². The van der Waals surface area contributed by atoms with E-state index < -0.39 is 18.1 Å². The van der Waals surface area contributed by atoms with Gasteiger partial charge < -0.3 is 9.84 Å². The molecule has 2 rings (SSSR count).